The predicted octanol–water partition coefficient (Wildman–Crippen LogP) is 7.88. The van der Waals surface area contributed by atoms with Crippen LogP contribution in [0.25, 0.3) is 21.8 Å². The van der Waals surface area contributed by atoms with Crippen molar-refractivity contribution >= 4 is 21.8 Å². The monoisotopic (exact) mass is 554 g/mol. The van der Waals surface area contributed by atoms with Gasteiger partial charge in [-0.05, 0) is 86.0 Å². The van der Waals surface area contributed by atoms with Crippen molar-refractivity contribution in [1.82, 2.24) is 20.6 Å². The number of aromatic amines is 2. The Morgan fingerprint density at radius 1 is 0.429 bits per heavy atom. The molecule has 0 aliphatic heterocycles. The van der Waals surface area contributed by atoms with E-state index < -0.39 is 0 Å². The maximum absolute atomic E-state index is 3.76. The zero-order valence-corrected chi connectivity index (χ0v) is 24.5. The highest BCUT2D eigenvalue weighted by molar-refractivity contribution is 5.85. The lowest BCUT2D eigenvalue weighted by Gasteiger charge is -2.09. The minimum Gasteiger partial charge on any atom is -0.358 e. The predicted molar refractivity (Wildman–Crippen MR) is 177 cm³/mol. The molecule has 42 heavy (non-hydrogen) atoms. The number of aromatic nitrogens is 2. The van der Waals surface area contributed by atoms with E-state index in [-0.39, 0.29) is 0 Å². The van der Waals surface area contributed by atoms with Crippen LogP contribution in [0.1, 0.15) is 46.5 Å². The Morgan fingerprint density at radius 3 is 1.29 bits per heavy atom. The first-order valence-corrected chi connectivity index (χ1v) is 15.5. The zero-order chi connectivity index (χ0) is 28.4. The molecule has 0 spiro atoms. The van der Waals surface area contributed by atoms with Gasteiger partial charge in [-0.1, -0.05) is 97.1 Å². The molecule has 4 N–H and O–H groups in total. The van der Waals surface area contributed by atoms with Crippen molar-refractivity contribution in [2.75, 3.05) is 13.1 Å². The van der Waals surface area contributed by atoms with Crippen molar-refractivity contribution in [3.8, 4) is 0 Å². The van der Waals surface area contributed by atoms with Gasteiger partial charge in [-0.3, -0.25) is 0 Å². The molecule has 0 amide bonds. The average Bonchev–Trinajstić information content (AvgIpc) is 3.58. The van der Waals surface area contributed by atoms with Crippen molar-refractivity contribution < 1.29 is 0 Å². The maximum atomic E-state index is 3.76. The molecule has 0 saturated heterocycles. The molecule has 6 aromatic rings. The lowest BCUT2D eigenvalue weighted by atomic mass is 10.0. The molecule has 0 radical (unpaired) electrons. The number of hydrogen-bond donors (Lipinski definition) is 4. The SMILES string of the molecule is c1ccc(CNCCc2c(CCCCc3[nH]c4ccccc4c3CCNCc3ccccc3)[nH]c3ccccc23)cc1. The van der Waals surface area contributed by atoms with E-state index in [0.717, 1.165) is 51.9 Å². The number of rotatable bonds is 15. The Kier molecular flexibility index (Phi) is 9.46. The molecule has 0 fully saturated rings. The fourth-order valence-electron chi connectivity index (χ4n) is 6.20. The van der Waals surface area contributed by atoms with Gasteiger partial charge in [0.05, 0.1) is 0 Å². The molecule has 4 aromatic carbocycles. The number of H-pyrrole nitrogens is 2. The second kappa shape index (κ2) is 14.2. The molecule has 4 heteroatoms. The first-order chi connectivity index (χ1) is 20.8. The fourth-order valence-corrected chi connectivity index (χ4v) is 6.20. The van der Waals surface area contributed by atoms with Crippen LogP contribution in [0, 0.1) is 0 Å². The Bertz CT molecular complexity index is 1550. The molecular weight excluding hydrogens is 512 g/mol. The van der Waals surface area contributed by atoms with E-state index in [9.17, 15) is 0 Å². The molecule has 0 unspecified atom stereocenters. The van der Waals surface area contributed by atoms with Gasteiger partial charge < -0.3 is 20.6 Å². The summed E-state index contributed by atoms with van der Waals surface area (Å²) in [5.74, 6) is 0. The third-order valence-electron chi connectivity index (χ3n) is 8.36. The molecule has 2 heterocycles. The molecule has 4 nitrogen and oxygen atoms in total. The third kappa shape index (κ3) is 7.02. The minimum atomic E-state index is 0.910. The van der Waals surface area contributed by atoms with Gasteiger partial charge in [-0.2, -0.15) is 0 Å². The molecular formula is C38H42N4. The topological polar surface area (TPSA) is 55.6 Å². The van der Waals surface area contributed by atoms with E-state index in [1.165, 1.54) is 68.3 Å². The van der Waals surface area contributed by atoms with Gasteiger partial charge in [0.25, 0.3) is 0 Å². The van der Waals surface area contributed by atoms with Crippen LogP contribution in [0.2, 0.25) is 0 Å². The van der Waals surface area contributed by atoms with Crippen LogP contribution in [0.3, 0.4) is 0 Å². The van der Waals surface area contributed by atoms with E-state index in [1.807, 2.05) is 0 Å². The average molecular weight is 555 g/mol. The van der Waals surface area contributed by atoms with Gasteiger partial charge >= 0.3 is 0 Å². The van der Waals surface area contributed by atoms with Crippen molar-refractivity contribution in [3.63, 3.8) is 0 Å². The van der Waals surface area contributed by atoms with Crippen molar-refractivity contribution in [2.45, 2.75) is 51.6 Å². The van der Waals surface area contributed by atoms with Crippen LogP contribution in [-0.4, -0.2) is 23.1 Å². The van der Waals surface area contributed by atoms with E-state index in [1.54, 1.807) is 0 Å². The molecule has 2 aromatic heterocycles. The summed E-state index contributed by atoms with van der Waals surface area (Å²) >= 11 is 0. The highest BCUT2D eigenvalue weighted by atomic mass is 14.9. The summed E-state index contributed by atoms with van der Waals surface area (Å²) in [5.41, 5.74) is 10.9. The van der Waals surface area contributed by atoms with Crippen molar-refractivity contribution in [1.29, 1.82) is 0 Å². The Balaban J connectivity index is 1.06. The van der Waals surface area contributed by atoms with Crippen LogP contribution in [-0.2, 0) is 38.8 Å². The van der Waals surface area contributed by atoms with Crippen LogP contribution in [0.15, 0.2) is 109 Å². The summed E-state index contributed by atoms with van der Waals surface area (Å²) in [6.45, 7) is 3.77. The summed E-state index contributed by atoms with van der Waals surface area (Å²) in [6, 6.07) is 38.9. The third-order valence-corrected chi connectivity index (χ3v) is 8.36. The van der Waals surface area contributed by atoms with Crippen LogP contribution < -0.4 is 10.6 Å². The van der Waals surface area contributed by atoms with Crippen LogP contribution in [0.5, 0.6) is 0 Å². The van der Waals surface area contributed by atoms with Gasteiger partial charge in [0, 0.05) is 46.3 Å². The second-order valence-corrected chi connectivity index (χ2v) is 11.3. The Morgan fingerprint density at radius 2 is 0.833 bits per heavy atom. The molecule has 6 rings (SSSR count). The molecule has 0 aliphatic carbocycles. The number of hydrogen-bond acceptors (Lipinski definition) is 2. The van der Waals surface area contributed by atoms with E-state index in [2.05, 4.69) is 130 Å². The maximum Gasteiger partial charge on any atom is 0.0458 e. The normalized spacial score (nSPS) is 11.5. The number of benzene rings is 4. The fraction of sp³-hybridized carbons (Fsp3) is 0.263. The molecule has 0 aliphatic rings. The quantitative estimate of drug-likeness (QED) is 0.0976. The molecule has 0 saturated carbocycles. The molecule has 0 atom stereocenters. The van der Waals surface area contributed by atoms with Crippen LogP contribution in [0.4, 0.5) is 0 Å². The summed E-state index contributed by atoms with van der Waals surface area (Å²) < 4.78 is 0. The van der Waals surface area contributed by atoms with Crippen molar-refractivity contribution in [2.24, 2.45) is 0 Å². The number of unbranched alkanes of at least 4 members (excludes halogenated alkanes) is 1. The number of aryl methyl sites for hydroxylation is 2. The van der Waals surface area contributed by atoms with Gasteiger partial charge in [0.1, 0.15) is 0 Å². The number of nitrogens with one attached hydrogen (secondary N) is 4. The zero-order valence-electron chi connectivity index (χ0n) is 24.5. The van der Waals surface area contributed by atoms with Gasteiger partial charge in [-0.25, -0.2) is 0 Å². The standard InChI is InChI=1S/C38H42N4/c1-3-13-29(14-4-1)27-39-25-23-33-31-17-7-9-19-35(31)41-37(33)21-11-12-22-38-34(32-18-8-10-20-36(32)42-38)24-26-40-28-30-15-5-2-6-16-30/h1-10,13-20,39-42H,11-12,21-28H2. The smallest absolute Gasteiger partial charge is 0.0458 e. The van der Waals surface area contributed by atoms with Gasteiger partial charge in [0.2, 0.25) is 0 Å². The molecule has 214 valence electrons. The Labute approximate surface area is 249 Å². The molecule has 0 bridgehead atoms. The first kappa shape index (κ1) is 28.0. The number of fused-ring (bicyclic) bond motifs is 2. The lowest BCUT2D eigenvalue weighted by molar-refractivity contribution is 0.671. The first-order valence-electron chi connectivity index (χ1n) is 15.5. The Hall–Kier alpha value is -4.12. The van der Waals surface area contributed by atoms with Gasteiger partial charge in [-0.15, -0.1) is 0 Å². The highest BCUT2D eigenvalue weighted by Crippen LogP contribution is 2.26. The van der Waals surface area contributed by atoms with Crippen LogP contribution >= 0.6 is 0 Å². The van der Waals surface area contributed by atoms with Crippen molar-refractivity contribution in [3.05, 3.63) is 143 Å². The minimum absolute atomic E-state index is 0.910. The summed E-state index contributed by atoms with van der Waals surface area (Å²) in [5, 5.41) is 10.0. The largest absolute Gasteiger partial charge is 0.358 e. The van der Waals surface area contributed by atoms with Gasteiger partial charge in [0.15, 0.2) is 0 Å². The summed E-state index contributed by atoms with van der Waals surface area (Å²) in [7, 11) is 0. The number of para-hydroxylation sites is 2. The second-order valence-electron chi connectivity index (χ2n) is 11.3. The van der Waals surface area contributed by atoms with E-state index in [0.29, 0.717) is 0 Å². The lowest BCUT2D eigenvalue weighted by Crippen LogP contribution is -2.17. The summed E-state index contributed by atoms with van der Waals surface area (Å²) in [4.78, 5) is 7.52. The summed E-state index contributed by atoms with van der Waals surface area (Å²) in [6.07, 6.45) is 6.56. The van der Waals surface area contributed by atoms with E-state index >= 15 is 0 Å². The highest BCUT2D eigenvalue weighted by Gasteiger charge is 2.13. The van der Waals surface area contributed by atoms with E-state index in [4.69, 9.17) is 0 Å².